The third kappa shape index (κ3) is 2.29. The quantitative estimate of drug-likeness (QED) is 0.433. The summed E-state index contributed by atoms with van der Waals surface area (Å²) in [6, 6.07) is 13.5. The van der Waals surface area contributed by atoms with Crippen molar-refractivity contribution in [3.8, 4) is 22.8 Å². The number of nitrogens with zero attached hydrogens (tertiary/aromatic N) is 4. The van der Waals surface area contributed by atoms with Gasteiger partial charge in [0, 0.05) is 17.5 Å². The first kappa shape index (κ1) is 15.3. The Kier molecular flexibility index (Phi) is 3.11. The molecule has 1 N–H and O–H groups in total. The van der Waals surface area contributed by atoms with E-state index in [1.807, 2.05) is 18.2 Å². The SMILES string of the molecule is N=c1oc2ccccc2cc1-c1nnc2n1-c1cc([N+](=O)[O-])ccc1OC2. The standard InChI is InChI=1S/C18H11N5O4/c19-17-12(7-10-3-1-2-4-14(10)27-17)18-21-20-16-9-26-15-6-5-11(23(24)25)8-13(15)22(16)18/h1-8,19H,9H2. The van der Waals surface area contributed by atoms with E-state index in [0.29, 0.717) is 34.2 Å². The summed E-state index contributed by atoms with van der Waals surface area (Å²) in [7, 11) is 0. The maximum atomic E-state index is 11.2. The van der Waals surface area contributed by atoms with Crippen LogP contribution in [-0.4, -0.2) is 19.7 Å². The molecule has 0 spiro atoms. The van der Waals surface area contributed by atoms with Crippen LogP contribution in [0.25, 0.3) is 28.0 Å². The second kappa shape index (κ2) is 5.49. The summed E-state index contributed by atoms with van der Waals surface area (Å²) in [5, 5.41) is 28.6. The predicted molar refractivity (Wildman–Crippen MR) is 93.4 cm³/mol. The number of hydrogen-bond acceptors (Lipinski definition) is 7. The average Bonchev–Trinajstić information content (AvgIpc) is 3.11. The molecule has 0 fully saturated rings. The van der Waals surface area contributed by atoms with Gasteiger partial charge < -0.3 is 9.15 Å². The van der Waals surface area contributed by atoms with Crippen LogP contribution < -0.4 is 10.3 Å². The van der Waals surface area contributed by atoms with E-state index in [0.717, 1.165) is 5.39 Å². The Labute approximate surface area is 151 Å². The van der Waals surface area contributed by atoms with Crippen molar-refractivity contribution >= 4 is 16.7 Å². The third-order valence-corrected chi connectivity index (χ3v) is 4.40. The number of fused-ring (bicyclic) bond motifs is 4. The van der Waals surface area contributed by atoms with Crippen LogP contribution in [0.4, 0.5) is 5.69 Å². The van der Waals surface area contributed by atoms with Crippen molar-refractivity contribution in [2.75, 3.05) is 0 Å². The summed E-state index contributed by atoms with van der Waals surface area (Å²) < 4.78 is 12.9. The maximum Gasteiger partial charge on any atom is 0.271 e. The largest absolute Gasteiger partial charge is 0.483 e. The molecule has 0 amide bonds. The van der Waals surface area contributed by atoms with Crippen molar-refractivity contribution < 1.29 is 14.1 Å². The lowest BCUT2D eigenvalue weighted by molar-refractivity contribution is -0.384. The highest BCUT2D eigenvalue weighted by Gasteiger charge is 2.26. The number of nitrogens with one attached hydrogen (secondary N) is 1. The van der Waals surface area contributed by atoms with Gasteiger partial charge in [-0.15, -0.1) is 10.2 Å². The van der Waals surface area contributed by atoms with Gasteiger partial charge in [-0.2, -0.15) is 0 Å². The van der Waals surface area contributed by atoms with Crippen LogP contribution in [0.2, 0.25) is 0 Å². The molecule has 4 aromatic rings. The van der Waals surface area contributed by atoms with Crippen LogP contribution in [0, 0.1) is 15.5 Å². The van der Waals surface area contributed by atoms with Crippen molar-refractivity contribution in [3.05, 3.63) is 70.0 Å². The Hall–Kier alpha value is -4.01. The van der Waals surface area contributed by atoms with Crippen LogP contribution in [0.15, 0.2) is 52.9 Å². The third-order valence-electron chi connectivity index (χ3n) is 4.40. The Morgan fingerprint density at radius 1 is 1.15 bits per heavy atom. The lowest BCUT2D eigenvalue weighted by Crippen LogP contribution is -2.16. The molecule has 5 rings (SSSR count). The van der Waals surface area contributed by atoms with Gasteiger partial charge >= 0.3 is 0 Å². The molecule has 0 bridgehead atoms. The molecule has 1 aliphatic rings. The van der Waals surface area contributed by atoms with E-state index in [4.69, 9.17) is 14.6 Å². The minimum Gasteiger partial charge on any atom is -0.483 e. The summed E-state index contributed by atoms with van der Waals surface area (Å²) in [6.07, 6.45) is 0. The van der Waals surface area contributed by atoms with E-state index in [-0.39, 0.29) is 17.8 Å². The molecule has 27 heavy (non-hydrogen) atoms. The van der Waals surface area contributed by atoms with Gasteiger partial charge in [0.1, 0.15) is 17.9 Å². The monoisotopic (exact) mass is 361 g/mol. The van der Waals surface area contributed by atoms with Crippen LogP contribution in [0.5, 0.6) is 5.75 Å². The van der Waals surface area contributed by atoms with Crippen molar-refractivity contribution in [1.29, 1.82) is 5.41 Å². The molecule has 0 aliphatic carbocycles. The van der Waals surface area contributed by atoms with Crippen LogP contribution in [0.1, 0.15) is 5.82 Å². The first-order valence-electron chi connectivity index (χ1n) is 8.05. The van der Waals surface area contributed by atoms with Gasteiger partial charge in [-0.25, -0.2) is 0 Å². The zero-order chi connectivity index (χ0) is 18.5. The fraction of sp³-hybridized carbons (Fsp3) is 0.0556. The molecular formula is C18H11N5O4. The fourth-order valence-electron chi connectivity index (χ4n) is 3.14. The topological polar surface area (TPSA) is 120 Å². The van der Waals surface area contributed by atoms with E-state index in [9.17, 15) is 10.1 Å². The zero-order valence-corrected chi connectivity index (χ0v) is 13.7. The van der Waals surface area contributed by atoms with Crippen LogP contribution >= 0.6 is 0 Å². The van der Waals surface area contributed by atoms with Crippen LogP contribution in [-0.2, 0) is 6.61 Å². The minimum atomic E-state index is -0.472. The molecule has 1 aliphatic heterocycles. The number of hydrogen-bond donors (Lipinski definition) is 1. The number of rotatable bonds is 2. The molecule has 3 heterocycles. The summed E-state index contributed by atoms with van der Waals surface area (Å²) in [6.45, 7) is 0.176. The van der Waals surface area contributed by atoms with Gasteiger partial charge in [0.25, 0.3) is 5.69 Å². The second-order valence-electron chi connectivity index (χ2n) is 6.00. The number of nitro benzene ring substituents is 1. The molecule has 2 aromatic carbocycles. The van der Waals surface area contributed by atoms with Gasteiger partial charge in [-0.3, -0.25) is 20.1 Å². The summed E-state index contributed by atoms with van der Waals surface area (Å²) in [4.78, 5) is 10.7. The van der Waals surface area contributed by atoms with E-state index in [2.05, 4.69) is 10.2 Å². The lowest BCUT2D eigenvalue weighted by Gasteiger charge is -2.19. The average molecular weight is 361 g/mol. The van der Waals surface area contributed by atoms with Crippen LogP contribution in [0.3, 0.4) is 0 Å². The predicted octanol–water partition coefficient (Wildman–Crippen LogP) is 2.96. The van der Waals surface area contributed by atoms with E-state index >= 15 is 0 Å². The number of non-ortho nitro benzene ring substituents is 1. The number of nitro groups is 1. The van der Waals surface area contributed by atoms with Gasteiger partial charge in [-0.1, -0.05) is 18.2 Å². The van der Waals surface area contributed by atoms with E-state index < -0.39 is 4.92 Å². The number of para-hydroxylation sites is 1. The van der Waals surface area contributed by atoms with E-state index in [1.165, 1.54) is 12.1 Å². The molecule has 0 radical (unpaired) electrons. The number of benzene rings is 2. The second-order valence-corrected chi connectivity index (χ2v) is 6.00. The number of ether oxygens (including phenoxy) is 1. The van der Waals surface area contributed by atoms with Gasteiger partial charge in [0.05, 0.1) is 16.2 Å². The minimum absolute atomic E-state index is 0.0672. The molecule has 9 heteroatoms. The highest BCUT2D eigenvalue weighted by molar-refractivity contribution is 5.80. The summed E-state index contributed by atoms with van der Waals surface area (Å²) in [5.41, 5.74) is 1.34. The summed E-state index contributed by atoms with van der Waals surface area (Å²) in [5.74, 6) is 1.35. The van der Waals surface area contributed by atoms with Crippen molar-refractivity contribution in [1.82, 2.24) is 14.8 Å². The smallest absolute Gasteiger partial charge is 0.271 e. The van der Waals surface area contributed by atoms with E-state index in [1.54, 1.807) is 22.8 Å². The first-order valence-corrected chi connectivity index (χ1v) is 8.05. The molecule has 2 aromatic heterocycles. The normalized spacial score (nSPS) is 12.3. The highest BCUT2D eigenvalue weighted by atomic mass is 16.6. The molecule has 132 valence electrons. The van der Waals surface area contributed by atoms with Crippen molar-refractivity contribution in [2.24, 2.45) is 0 Å². The van der Waals surface area contributed by atoms with Crippen molar-refractivity contribution in [3.63, 3.8) is 0 Å². The molecule has 0 saturated heterocycles. The Balaban J connectivity index is 1.78. The molecular weight excluding hydrogens is 350 g/mol. The Morgan fingerprint density at radius 2 is 2.00 bits per heavy atom. The van der Waals surface area contributed by atoms with Gasteiger partial charge in [-0.05, 0) is 18.2 Å². The maximum absolute atomic E-state index is 11.2. The first-order chi connectivity index (χ1) is 13.1. The molecule has 0 saturated carbocycles. The fourth-order valence-corrected chi connectivity index (χ4v) is 3.14. The molecule has 0 atom stereocenters. The Bertz CT molecular complexity index is 1290. The zero-order valence-electron chi connectivity index (χ0n) is 13.7. The van der Waals surface area contributed by atoms with Gasteiger partial charge in [0.15, 0.2) is 11.6 Å². The number of aromatic nitrogens is 3. The lowest BCUT2D eigenvalue weighted by atomic mass is 10.1. The Morgan fingerprint density at radius 3 is 2.85 bits per heavy atom. The molecule has 9 nitrogen and oxygen atoms in total. The van der Waals surface area contributed by atoms with Crippen molar-refractivity contribution in [2.45, 2.75) is 6.61 Å². The van der Waals surface area contributed by atoms with Gasteiger partial charge in [0.2, 0.25) is 5.55 Å². The molecule has 0 unspecified atom stereocenters. The summed E-state index contributed by atoms with van der Waals surface area (Å²) >= 11 is 0. The highest BCUT2D eigenvalue weighted by Crippen LogP contribution is 2.35.